The highest BCUT2D eigenvalue weighted by Crippen LogP contribution is 2.30. The van der Waals surface area contributed by atoms with Crippen LogP contribution in [0.3, 0.4) is 0 Å². The number of imidazole rings is 1. The molecule has 1 fully saturated rings. The van der Waals surface area contributed by atoms with Crippen molar-refractivity contribution in [2.45, 2.75) is 39.8 Å². The maximum Gasteiger partial charge on any atom is 0.229 e. The molecule has 0 radical (unpaired) electrons. The predicted molar refractivity (Wildman–Crippen MR) is 131 cm³/mol. The van der Waals surface area contributed by atoms with Gasteiger partial charge in [-0.2, -0.15) is 0 Å². The molecular formula is C25H27F2N7O. The minimum absolute atomic E-state index is 0.00350. The van der Waals surface area contributed by atoms with Crippen LogP contribution in [0.1, 0.15) is 32.6 Å². The number of rotatable bonds is 5. The van der Waals surface area contributed by atoms with Crippen molar-refractivity contribution in [2.24, 2.45) is 0 Å². The number of benzene rings is 1. The molecule has 1 aliphatic rings. The maximum atomic E-state index is 14.9. The van der Waals surface area contributed by atoms with Crippen LogP contribution >= 0.6 is 0 Å². The lowest BCUT2D eigenvalue weighted by atomic mass is 10.1. The van der Waals surface area contributed by atoms with E-state index in [-0.39, 0.29) is 29.2 Å². The van der Waals surface area contributed by atoms with Crippen LogP contribution in [0.4, 0.5) is 26.2 Å². The summed E-state index contributed by atoms with van der Waals surface area (Å²) in [6.07, 6.45) is 2.84. The number of ether oxygens (including phenoxy) is 1. The van der Waals surface area contributed by atoms with Gasteiger partial charge in [-0.25, -0.2) is 28.7 Å². The molecule has 0 aliphatic carbocycles. The number of morpholine rings is 1. The average molecular weight is 480 g/mol. The lowest BCUT2D eigenvalue weighted by molar-refractivity contribution is 0.0989. The third kappa shape index (κ3) is 4.41. The minimum atomic E-state index is -0.647. The molecule has 0 amide bonds. The number of hydrogen-bond acceptors (Lipinski definition) is 7. The van der Waals surface area contributed by atoms with Crippen molar-refractivity contribution in [1.82, 2.24) is 24.5 Å². The summed E-state index contributed by atoms with van der Waals surface area (Å²) in [5.74, 6) is 0.198. The summed E-state index contributed by atoms with van der Waals surface area (Å²) in [4.78, 5) is 19.4. The van der Waals surface area contributed by atoms with Gasteiger partial charge in [0.05, 0.1) is 36.8 Å². The van der Waals surface area contributed by atoms with Crippen LogP contribution < -0.4 is 10.2 Å². The Morgan fingerprint density at radius 1 is 1.09 bits per heavy atom. The lowest BCUT2D eigenvalue weighted by Gasteiger charge is -2.35. The zero-order chi connectivity index (χ0) is 24.7. The van der Waals surface area contributed by atoms with Gasteiger partial charge in [-0.15, -0.1) is 0 Å². The first-order valence-electron chi connectivity index (χ1n) is 11.6. The number of fused-ring (bicyclic) bond motifs is 1. The number of aryl methyl sites for hydroxylation is 1. The van der Waals surface area contributed by atoms with E-state index in [0.29, 0.717) is 35.9 Å². The number of halogens is 2. The van der Waals surface area contributed by atoms with E-state index in [4.69, 9.17) is 4.74 Å². The molecular weight excluding hydrogens is 452 g/mol. The molecule has 3 aromatic heterocycles. The lowest BCUT2D eigenvalue weighted by Crippen LogP contribution is -2.43. The first kappa shape index (κ1) is 23.1. The molecule has 1 aromatic carbocycles. The van der Waals surface area contributed by atoms with Crippen LogP contribution in [-0.4, -0.2) is 50.3 Å². The largest absolute Gasteiger partial charge is 0.377 e. The Morgan fingerprint density at radius 3 is 2.63 bits per heavy atom. The van der Waals surface area contributed by atoms with E-state index in [9.17, 15) is 8.78 Å². The van der Waals surface area contributed by atoms with Gasteiger partial charge in [0.1, 0.15) is 22.9 Å². The average Bonchev–Trinajstić information content (AvgIpc) is 3.18. The van der Waals surface area contributed by atoms with Crippen LogP contribution in [-0.2, 0) is 4.74 Å². The monoisotopic (exact) mass is 479 g/mol. The molecule has 8 nitrogen and oxygen atoms in total. The summed E-state index contributed by atoms with van der Waals surface area (Å²) in [6.45, 7) is 10.1. The van der Waals surface area contributed by atoms with Crippen molar-refractivity contribution < 1.29 is 13.5 Å². The minimum Gasteiger partial charge on any atom is -0.377 e. The number of aromatic nitrogens is 5. The predicted octanol–water partition coefficient (Wildman–Crippen LogP) is 5.02. The molecule has 1 atom stereocenters. The highest BCUT2D eigenvalue weighted by Gasteiger charge is 2.20. The number of pyridine rings is 1. The second kappa shape index (κ2) is 9.18. The zero-order valence-corrected chi connectivity index (χ0v) is 20.1. The van der Waals surface area contributed by atoms with Crippen molar-refractivity contribution >= 4 is 28.5 Å². The fourth-order valence-electron chi connectivity index (χ4n) is 4.54. The Hall–Kier alpha value is -3.66. The normalized spacial score (nSPS) is 16.3. The van der Waals surface area contributed by atoms with Crippen LogP contribution in [0.25, 0.3) is 22.3 Å². The Bertz CT molecular complexity index is 1370. The van der Waals surface area contributed by atoms with E-state index >= 15 is 0 Å². The van der Waals surface area contributed by atoms with Gasteiger partial charge in [0.15, 0.2) is 11.6 Å². The van der Waals surface area contributed by atoms with Gasteiger partial charge in [-0.1, -0.05) is 0 Å². The number of nitrogens with zero attached hydrogens (tertiary/aromatic N) is 6. The van der Waals surface area contributed by atoms with E-state index < -0.39 is 11.6 Å². The molecule has 0 spiro atoms. The molecule has 1 N–H and O–H groups in total. The molecule has 1 saturated heterocycles. The van der Waals surface area contributed by atoms with Gasteiger partial charge < -0.3 is 19.5 Å². The first-order valence-corrected chi connectivity index (χ1v) is 11.6. The molecule has 4 aromatic rings. The van der Waals surface area contributed by atoms with E-state index in [1.807, 2.05) is 37.5 Å². The number of nitrogens with one attached hydrogen (secondary N) is 1. The van der Waals surface area contributed by atoms with Gasteiger partial charge in [-0.05, 0) is 52.0 Å². The first-order chi connectivity index (χ1) is 16.8. The summed E-state index contributed by atoms with van der Waals surface area (Å²) in [5, 5.41) is 3.01. The summed E-state index contributed by atoms with van der Waals surface area (Å²) in [5.41, 5.74) is 2.15. The smallest absolute Gasteiger partial charge is 0.229 e. The summed E-state index contributed by atoms with van der Waals surface area (Å²) < 4.78 is 37.1. The van der Waals surface area contributed by atoms with Crippen molar-refractivity contribution in [3.05, 3.63) is 54.1 Å². The second-order valence-electron chi connectivity index (χ2n) is 8.98. The third-order valence-corrected chi connectivity index (χ3v) is 6.15. The maximum absolute atomic E-state index is 14.9. The van der Waals surface area contributed by atoms with E-state index in [1.54, 1.807) is 12.3 Å². The number of hydrogen-bond donors (Lipinski definition) is 1. The van der Waals surface area contributed by atoms with Crippen LogP contribution in [0.2, 0.25) is 0 Å². The zero-order valence-electron chi connectivity index (χ0n) is 20.1. The highest BCUT2D eigenvalue weighted by atomic mass is 19.1. The Balaban J connectivity index is 1.44. The molecule has 182 valence electrons. The Morgan fingerprint density at radius 2 is 1.91 bits per heavy atom. The Labute approximate surface area is 202 Å². The van der Waals surface area contributed by atoms with E-state index in [2.05, 4.69) is 37.1 Å². The molecule has 35 heavy (non-hydrogen) atoms. The number of anilines is 3. The van der Waals surface area contributed by atoms with Gasteiger partial charge in [0.2, 0.25) is 5.95 Å². The van der Waals surface area contributed by atoms with Crippen LogP contribution in [0.5, 0.6) is 0 Å². The standard InChI is InChI=1S/C25H27F2N7O/c1-14(2)34-16(4)30-24-19(26)9-17(10-21(24)34)23-20(27)12-29-25(32-23)31-22-6-5-18(11-28-22)33-7-8-35-13-15(33)3/h5-6,9-12,14-15H,7-8,13H2,1-4H3,(H,28,29,31,32). The van der Waals surface area contributed by atoms with Crippen LogP contribution in [0, 0.1) is 18.6 Å². The fraction of sp³-hybridized carbons (Fsp3) is 0.360. The quantitative estimate of drug-likeness (QED) is 0.430. The SMILES string of the molecule is Cc1nc2c(F)cc(-c3nc(Nc4ccc(N5CCOCC5C)cn4)ncc3F)cc2n1C(C)C. The summed E-state index contributed by atoms with van der Waals surface area (Å²) in [7, 11) is 0. The van der Waals surface area contributed by atoms with Gasteiger partial charge in [0.25, 0.3) is 0 Å². The van der Waals surface area contributed by atoms with E-state index in [0.717, 1.165) is 18.4 Å². The fourth-order valence-corrected chi connectivity index (χ4v) is 4.54. The van der Waals surface area contributed by atoms with Crippen molar-refractivity contribution in [1.29, 1.82) is 0 Å². The van der Waals surface area contributed by atoms with Gasteiger partial charge in [0, 0.05) is 24.2 Å². The molecule has 5 rings (SSSR count). The van der Waals surface area contributed by atoms with Crippen LogP contribution in [0.15, 0.2) is 36.7 Å². The van der Waals surface area contributed by atoms with Crippen molar-refractivity contribution in [2.75, 3.05) is 30.0 Å². The Kier molecular flexibility index (Phi) is 6.06. The van der Waals surface area contributed by atoms with Crippen molar-refractivity contribution in [3.8, 4) is 11.3 Å². The van der Waals surface area contributed by atoms with Gasteiger partial charge in [-0.3, -0.25) is 0 Å². The van der Waals surface area contributed by atoms with E-state index in [1.165, 1.54) is 6.07 Å². The highest BCUT2D eigenvalue weighted by molar-refractivity contribution is 5.83. The summed E-state index contributed by atoms with van der Waals surface area (Å²) >= 11 is 0. The third-order valence-electron chi connectivity index (χ3n) is 6.15. The molecule has 1 unspecified atom stereocenters. The molecule has 0 saturated carbocycles. The second-order valence-corrected chi connectivity index (χ2v) is 8.98. The van der Waals surface area contributed by atoms with Gasteiger partial charge >= 0.3 is 0 Å². The van der Waals surface area contributed by atoms with Crippen molar-refractivity contribution in [3.63, 3.8) is 0 Å². The molecule has 0 bridgehead atoms. The topological polar surface area (TPSA) is 81.0 Å². The molecule has 1 aliphatic heterocycles. The molecule has 4 heterocycles. The summed E-state index contributed by atoms with van der Waals surface area (Å²) in [6, 6.07) is 7.08. The molecule has 10 heteroatoms.